The van der Waals surface area contributed by atoms with Gasteiger partial charge in [-0.15, -0.1) is 0 Å². The number of aliphatic imine (C=N–C) groups is 1. The van der Waals surface area contributed by atoms with Crippen molar-refractivity contribution in [1.29, 1.82) is 0 Å². The van der Waals surface area contributed by atoms with Crippen molar-refractivity contribution in [3.05, 3.63) is 18.2 Å². The summed E-state index contributed by atoms with van der Waals surface area (Å²) >= 11 is 1.82. The molecule has 1 aliphatic heterocycles. The Hall–Kier alpha value is -1.36. The van der Waals surface area contributed by atoms with Crippen molar-refractivity contribution >= 4 is 22.6 Å². The summed E-state index contributed by atoms with van der Waals surface area (Å²) in [5.41, 5.74) is 1.31. The average molecular weight is 308 g/mol. The molecule has 0 amide bonds. The molecule has 1 N–H and O–H groups in total. The minimum atomic E-state index is 0.339. The third-order valence-electron chi connectivity index (χ3n) is 3.19. The topological polar surface area (TPSA) is 42.8 Å². The number of hydrogen-bond acceptors (Lipinski definition) is 5. The molecule has 1 aliphatic rings. The Bertz CT molecular complexity index is 523. The molecular formula is C16H24N2O2S. The van der Waals surface area contributed by atoms with E-state index in [4.69, 9.17) is 9.47 Å². The zero-order chi connectivity index (χ0) is 15.5. The Morgan fingerprint density at radius 2 is 1.95 bits per heavy atom. The fourth-order valence-corrected chi connectivity index (χ4v) is 3.69. The largest absolute Gasteiger partial charge is 0.493 e. The number of methoxy groups -OCH3 is 2. The highest BCUT2D eigenvalue weighted by atomic mass is 32.2. The van der Waals surface area contributed by atoms with Crippen LogP contribution in [-0.4, -0.2) is 31.2 Å². The van der Waals surface area contributed by atoms with Gasteiger partial charge >= 0.3 is 0 Å². The lowest BCUT2D eigenvalue weighted by molar-refractivity contribution is 0.355. The van der Waals surface area contributed by atoms with Crippen molar-refractivity contribution < 1.29 is 9.47 Å². The van der Waals surface area contributed by atoms with Crippen LogP contribution in [-0.2, 0) is 0 Å². The fourth-order valence-electron chi connectivity index (χ4n) is 2.31. The normalized spacial score (nSPS) is 18.3. The minimum absolute atomic E-state index is 0.339. The molecule has 5 heteroatoms. The summed E-state index contributed by atoms with van der Waals surface area (Å²) in [6.45, 7) is 7.70. The smallest absolute Gasteiger partial charge is 0.162 e. The number of anilines is 1. The highest BCUT2D eigenvalue weighted by Crippen LogP contribution is 2.34. The van der Waals surface area contributed by atoms with E-state index in [0.29, 0.717) is 10.7 Å². The van der Waals surface area contributed by atoms with Crippen LogP contribution in [0.25, 0.3) is 0 Å². The first kappa shape index (κ1) is 16.0. The van der Waals surface area contributed by atoms with E-state index in [9.17, 15) is 0 Å². The first-order valence-electron chi connectivity index (χ1n) is 7.11. The van der Waals surface area contributed by atoms with Gasteiger partial charge in [0.15, 0.2) is 16.7 Å². The van der Waals surface area contributed by atoms with Gasteiger partial charge in [0.25, 0.3) is 0 Å². The molecule has 0 radical (unpaired) electrons. The summed E-state index contributed by atoms with van der Waals surface area (Å²) < 4.78 is 10.6. The van der Waals surface area contributed by atoms with Gasteiger partial charge in [0.05, 0.1) is 20.8 Å². The molecule has 2 rings (SSSR count). The monoisotopic (exact) mass is 308 g/mol. The molecule has 0 saturated heterocycles. The van der Waals surface area contributed by atoms with Crippen LogP contribution in [0.3, 0.4) is 0 Å². The van der Waals surface area contributed by atoms with Crippen LogP contribution >= 0.6 is 11.8 Å². The zero-order valence-electron chi connectivity index (χ0n) is 13.4. The molecule has 0 saturated carbocycles. The lowest BCUT2D eigenvalue weighted by atomic mass is 9.90. The van der Waals surface area contributed by atoms with Gasteiger partial charge < -0.3 is 14.8 Å². The summed E-state index contributed by atoms with van der Waals surface area (Å²) in [6, 6.07) is 5.80. The second-order valence-corrected chi connectivity index (χ2v) is 7.63. The standard InChI is InChI=1S/C16H24N2O2S/c1-16(2,3)9-12-10-17-15(21-12)18-11-6-7-13(19-4)14(8-11)20-5/h6-8,12H,9-10H2,1-5H3,(H,17,18). The van der Waals surface area contributed by atoms with Crippen LogP contribution in [0.5, 0.6) is 11.5 Å². The number of ether oxygens (including phenoxy) is 2. The Morgan fingerprint density at radius 1 is 1.24 bits per heavy atom. The maximum atomic E-state index is 5.32. The number of rotatable bonds is 4. The quantitative estimate of drug-likeness (QED) is 0.912. The lowest BCUT2D eigenvalue weighted by Crippen LogP contribution is -2.16. The molecule has 1 atom stereocenters. The van der Waals surface area contributed by atoms with Crippen LogP contribution in [0.1, 0.15) is 27.2 Å². The maximum absolute atomic E-state index is 5.32. The molecule has 0 fully saturated rings. The van der Waals surface area contributed by atoms with Crippen molar-refractivity contribution in [3.63, 3.8) is 0 Å². The lowest BCUT2D eigenvalue weighted by Gasteiger charge is -2.21. The third-order valence-corrected chi connectivity index (χ3v) is 4.30. The molecule has 0 aromatic heterocycles. The highest BCUT2D eigenvalue weighted by molar-refractivity contribution is 8.15. The number of nitrogens with one attached hydrogen (secondary N) is 1. The molecule has 1 aromatic rings. The average Bonchev–Trinajstić information content (AvgIpc) is 2.83. The van der Waals surface area contributed by atoms with Gasteiger partial charge in [-0.2, -0.15) is 0 Å². The summed E-state index contributed by atoms with van der Waals surface area (Å²) in [5.74, 6) is 1.45. The van der Waals surface area contributed by atoms with Gasteiger partial charge in [0.1, 0.15) is 0 Å². The second-order valence-electron chi connectivity index (χ2n) is 6.35. The molecule has 116 valence electrons. The van der Waals surface area contributed by atoms with Gasteiger partial charge in [-0.3, -0.25) is 4.99 Å². The Morgan fingerprint density at radius 3 is 2.57 bits per heavy atom. The van der Waals surface area contributed by atoms with Crippen molar-refractivity contribution in [3.8, 4) is 11.5 Å². The summed E-state index contributed by atoms with van der Waals surface area (Å²) in [5, 5.41) is 4.91. The maximum Gasteiger partial charge on any atom is 0.162 e. The SMILES string of the molecule is COc1ccc(NC2=NCC(CC(C)(C)C)S2)cc1OC. The van der Waals surface area contributed by atoms with Gasteiger partial charge in [-0.25, -0.2) is 0 Å². The molecule has 1 unspecified atom stereocenters. The van der Waals surface area contributed by atoms with Gasteiger partial charge in [-0.05, 0) is 24.0 Å². The van der Waals surface area contributed by atoms with Crippen molar-refractivity contribution in [2.24, 2.45) is 10.4 Å². The molecule has 0 bridgehead atoms. The summed E-state index contributed by atoms with van der Waals surface area (Å²) in [4.78, 5) is 4.59. The van der Waals surface area contributed by atoms with E-state index >= 15 is 0 Å². The van der Waals surface area contributed by atoms with E-state index in [1.165, 1.54) is 0 Å². The van der Waals surface area contributed by atoms with Gasteiger partial charge in [0.2, 0.25) is 0 Å². The zero-order valence-corrected chi connectivity index (χ0v) is 14.2. The van der Waals surface area contributed by atoms with Crippen LogP contribution in [0, 0.1) is 5.41 Å². The molecule has 0 aliphatic carbocycles. The fraction of sp³-hybridized carbons (Fsp3) is 0.562. The van der Waals surface area contributed by atoms with E-state index in [-0.39, 0.29) is 0 Å². The predicted molar refractivity (Wildman–Crippen MR) is 90.9 cm³/mol. The Balaban J connectivity index is 1.97. The number of amidine groups is 1. The van der Waals surface area contributed by atoms with E-state index in [1.807, 2.05) is 30.0 Å². The molecule has 1 aromatic carbocycles. The van der Waals surface area contributed by atoms with E-state index in [1.54, 1.807) is 14.2 Å². The molecule has 0 spiro atoms. The van der Waals surface area contributed by atoms with E-state index < -0.39 is 0 Å². The molecule has 1 heterocycles. The number of hydrogen-bond donors (Lipinski definition) is 1. The molecular weight excluding hydrogens is 284 g/mol. The third kappa shape index (κ3) is 4.56. The summed E-state index contributed by atoms with van der Waals surface area (Å²) in [7, 11) is 3.28. The predicted octanol–water partition coefficient (Wildman–Crippen LogP) is 4.02. The molecule has 21 heavy (non-hydrogen) atoms. The number of benzene rings is 1. The van der Waals surface area contributed by atoms with Crippen LogP contribution in [0.4, 0.5) is 5.69 Å². The number of thioether (sulfide) groups is 1. The van der Waals surface area contributed by atoms with Crippen molar-refractivity contribution in [1.82, 2.24) is 0 Å². The number of nitrogens with zero attached hydrogens (tertiary/aromatic N) is 1. The summed E-state index contributed by atoms with van der Waals surface area (Å²) in [6.07, 6.45) is 1.16. The van der Waals surface area contributed by atoms with Gasteiger partial charge in [0, 0.05) is 17.0 Å². The van der Waals surface area contributed by atoms with Crippen molar-refractivity contribution in [2.45, 2.75) is 32.4 Å². The van der Waals surface area contributed by atoms with Crippen LogP contribution in [0.15, 0.2) is 23.2 Å². The minimum Gasteiger partial charge on any atom is -0.493 e. The van der Waals surface area contributed by atoms with Gasteiger partial charge in [-0.1, -0.05) is 32.5 Å². The first-order chi connectivity index (χ1) is 9.91. The molecule has 4 nitrogen and oxygen atoms in total. The Labute approximate surface area is 131 Å². The van der Waals surface area contributed by atoms with E-state index in [0.717, 1.165) is 35.3 Å². The second kappa shape index (κ2) is 6.60. The van der Waals surface area contributed by atoms with Crippen LogP contribution in [0.2, 0.25) is 0 Å². The first-order valence-corrected chi connectivity index (χ1v) is 7.99. The Kier molecular flexibility index (Phi) is 5.04. The highest BCUT2D eigenvalue weighted by Gasteiger charge is 2.25. The van der Waals surface area contributed by atoms with E-state index in [2.05, 4.69) is 31.1 Å². The van der Waals surface area contributed by atoms with Crippen LogP contribution < -0.4 is 14.8 Å². The van der Waals surface area contributed by atoms with Crippen molar-refractivity contribution in [2.75, 3.05) is 26.1 Å².